The molecule has 9 nitrogen and oxygen atoms in total. The standard InChI is InChI=1S/C19H18IN3O6S2/c1-3-21-13-5-4-12(20)7-14(13)22(9-18(24)25)16(21)8-17-23(10-31(26,27)28)15-6-11(2)29-19(15)30-17/h4-8H,3,9-10H2,1-2H3,(H-,24,25,26,27,28). The summed E-state index contributed by atoms with van der Waals surface area (Å²) in [5, 5.41) is 10.5. The summed E-state index contributed by atoms with van der Waals surface area (Å²) >= 11 is 3.37. The summed E-state index contributed by atoms with van der Waals surface area (Å²) in [5.41, 5.74) is 2.11. The van der Waals surface area contributed by atoms with Crippen molar-refractivity contribution in [3.63, 3.8) is 0 Å². The van der Waals surface area contributed by atoms with Gasteiger partial charge in [0.05, 0.1) is 23.3 Å². The number of carboxylic acid groups (broad SMARTS) is 1. The Hall–Kier alpha value is -2.03. The Morgan fingerprint density at radius 1 is 1.39 bits per heavy atom. The molecule has 2 aromatic heterocycles. The second kappa shape index (κ2) is 8.15. The van der Waals surface area contributed by atoms with Crippen molar-refractivity contribution in [1.82, 2.24) is 4.57 Å². The second-order valence-electron chi connectivity index (χ2n) is 6.94. The number of imidazole rings is 1. The van der Waals surface area contributed by atoms with Gasteiger partial charge in [0.2, 0.25) is 0 Å². The van der Waals surface area contributed by atoms with Crippen LogP contribution in [0.25, 0.3) is 17.1 Å². The van der Waals surface area contributed by atoms with Crippen molar-refractivity contribution in [3.8, 4) is 0 Å². The molecule has 164 valence electrons. The Morgan fingerprint density at radius 2 is 2.13 bits per heavy atom. The van der Waals surface area contributed by atoms with E-state index in [4.69, 9.17) is 4.42 Å². The quantitative estimate of drug-likeness (QED) is 0.271. The summed E-state index contributed by atoms with van der Waals surface area (Å²) < 4.78 is 44.9. The van der Waals surface area contributed by atoms with Crippen LogP contribution in [0.4, 0.5) is 5.69 Å². The van der Waals surface area contributed by atoms with Crippen molar-refractivity contribution >= 4 is 73.2 Å². The van der Waals surface area contributed by atoms with E-state index in [1.807, 2.05) is 29.7 Å². The van der Waals surface area contributed by atoms with Gasteiger partial charge in [0.1, 0.15) is 21.8 Å². The Bertz CT molecular complexity index is 1340. The monoisotopic (exact) mass is 575 g/mol. The van der Waals surface area contributed by atoms with Gasteiger partial charge >= 0.3 is 5.97 Å². The second-order valence-corrected chi connectivity index (χ2v) is 10.6. The van der Waals surface area contributed by atoms with Crippen molar-refractivity contribution in [3.05, 3.63) is 44.4 Å². The maximum absolute atomic E-state index is 11.6. The van der Waals surface area contributed by atoms with Crippen LogP contribution < -0.4 is 9.47 Å². The molecule has 0 unspecified atom stereocenters. The molecular weight excluding hydrogens is 557 g/mol. The number of thioether (sulfide) groups is 1. The van der Waals surface area contributed by atoms with E-state index in [0.717, 1.165) is 14.6 Å². The fourth-order valence-electron chi connectivity index (χ4n) is 3.64. The molecule has 1 aliphatic rings. The van der Waals surface area contributed by atoms with Crippen molar-refractivity contribution < 1.29 is 31.9 Å². The summed E-state index contributed by atoms with van der Waals surface area (Å²) in [6.07, 6.45) is 1.71. The number of aliphatic carboxylic acids is 1. The van der Waals surface area contributed by atoms with Gasteiger partial charge in [-0.2, -0.15) is 0 Å². The molecule has 0 spiro atoms. The molecule has 3 heterocycles. The Balaban J connectivity index is 1.93. The number of aromatic nitrogens is 2. The van der Waals surface area contributed by atoms with Gasteiger partial charge in [-0.3, -0.25) is 0 Å². The minimum Gasteiger partial charge on any atom is -0.747 e. The first-order chi connectivity index (χ1) is 14.6. The molecule has 4 rings (SSSR count). The summed E-state index contributed by atoms with van der Waals surface area (Å²) in [4.78, 5) is 13.0. The third-order valence-electron chi connectivity index (χ3n) is 4.78. The highest BCUT2D eigenvalue weighted by molar-refractivity contribution is 14.1. The maximum Gasteiger partial charge on any atom is 0.346 e. The molecule has 0 saturated carbocycles. The van der Waals surface area contributed by atoms with E-state index < -0.39 is 22.0 Å². The van der Waals surface area contributed by atoms with Crippen LogP contribution in [-0.4, -0.2) is 34.5 Å². The number of fused-ring (bicyclic) bond motifs is 2. The van der Waals surface area contributed by atoms with Crippen LogP contribution in [0.2, 0.25) is 0 Å². The molecule has 1 aromatic carbocycles. The number of furan rings is 1. The van der Waals surface area contributed by atoms with Crippen molar-refractivity contribution in [2.75, 3.05) is 10.8 Å². The smallest absolute Gasteiger partial charge is 0.346 e. The highest BCUT2D eigenvalue weighted by Crippen LogP contribution is 2.48. The lowest BCUT2D eigenvalue weighted by atomic mass is 10.3. The number of aryl methyl sites for hydroxylation is 2. The first kappa shape index (κ1) is 22.2. The SMILES string of the molecule is CC[n+]1c(C=C2Sc3oc(C)cc3N2CS(=O)(=O)[O-])n(CC(=O)O)c2cc(I)ccc21. The predicted octanol–water partition coefficient (Wildman–Crippen LogP) is 2.95. The number of benzene rings is 1. The highest BCUT2D eigenvalue weighted by Gasteiger charge is 2.33. The van der Waals surface area contributed by atoms with E-state index >= 15 is 0 Å². The van der Waals surface area contributed by atoms with Gasteiger partial charge in [-0.25, -0.2) is 22.3 Å². The minimum absolute atomic E-state index is 0.268. The Labute approximate surface area is 196 Å². The van der Waals surface area contributed by atoms with E-state index in [9.17, 15) is 22.9 Å². The summed E-state index contributed by atoms with van der Waals surface area (Å²) in [5.74, 6) is -0.567. The van der Waals surface area contributed by atoms with Crippen LogP contribution in [0, 0.1) is 10.5 Å². The van der Waals surface area contributed by atoms with E-state index in [1.54, 1.807) is 23.6 Å². The largest absolute Gasteiger partial charge is 0.747 e. The molecule has 0 bridgehead atoms. The molecule has 1 N–H and O–H groups in total. The van der Waals surface area contributed by atoms with Crippen LogP contribution in [0.15, 0.2) is 38.8 Å². The summed E-state index contributed by atoms with van der Waals surface area (Å²) in [6, 6.07) is 7.45. The van der Waals surface area contributed by atoms with Crippen molar-refractivity contribution in [2.45, 2.75) is 32.0 Å². The number of nitrogens with zero attached hydrogens (tertiary/aromatic N) is 3. The first-order valence-electron chi connectivity index (χ1n) is 9.22. The lowest BCUT2D eigenvalue weighted by Gasteiger charge is -2.20. The molecule has 0 saturated heterocycles. The fourth-order valence-corrected chi connectivity index (χ4v) is 5.87. The highest BCUT2D eigenvalue weighted by atomic mass is 127. The molecule has 31 heavy (non-hydrogen) atoms. The van der Waals surface area contributed by atoms with Gasteiger partial charge in [0, 0.05) is 15.7 Å². The van der Waals surface area contributed by atoms with Crippen LogP contribution in [0.5, 0.6) is 0 Å². The van der Waals surface area contributed by atoms with Crippen LogP contribution >= 0.6 is 34.4 Å². The van der Waals surface area contributed by atoms with Crippen molar-refractivity contribution in [2.24, 2.45) is 0 Å². The number of carbonyl (C=O) groups is 1. The number of rotatable bonds is 6. The van der Waals surface area contributed by atoms with Crippen LogP contribution in [0.1, 0.15) is 18.5 Å². The van der Waals surface area contributed by atoms with Crippen LogP contribution in [-0.2, 0) is 28.0 Å². The van der Waals surface area contributed by atoms with Gasteiger partial charge in [0.25, 0.3) is 5.82 Å². The molecule has 0 radical (unpaired) electrons. The normalized spacial score (nSPS) is 15.2. The molecule has 0 atom stereocenters. The van der Waals surface area contributed by atoms with Crippen molar-refractivity contribution in [1.29, 1.82) is 0 Å². The molecule has 0 aliphatic carbocycles. The number of hydrogen-bond acceptors (Lipinski definition) is 7. The zero-order valence-electron chi connectivity index (χ0n) is 16.5. The van der Waals surface area contributed by atoms with Gasteiger partial charge in [0.15, 0.2) is 22.7 Å². The molecule has 12 heteroatoms. The van der Waals surface area contributed by atoms with E-state index in [0.29, 0.717) is 33.9 Å². The Kier molecular flexibility index (Phi) is 5.83. The average molecular weight is 575 g/mol. The first-order valence-corrected chi connectivity index (χ1v) is 12.7. The lowest BCUT2D eigenvalue weighted by molar-refractivity contribution is -0.670. The maximum atomic E-state index is 11.6. The summed E-state index contributed by atoms with van der Waals surface area (Å²) in [7, 11) is -4.57. The van der Waals surface area contributed by atoms with Gasteiger partial charge in [-0.1, -0.05) is 0 Å². The van der Waals surface area contributed by atoms with E-state index in [-0.39, 0.29) is 6.54 Å². The molecular formula is C19H18IN3O6S2. The van der Waals surface area contributed by atoms with E-state index in [2.05, 4.69) is 22.6 Å². The third-order valence-corrected chi connectivity index (χ3v) is 7.05. The lowest BCUT2D eigenvalue weighted by Crippen LogP contribution is -2.36. The third kappa shape index (κ3) is 4.33. The zero-order chi connectivity index (χ0) is 22.5. The zero-order valence-corrected chi connectivity index (χ0v) is 20.3. The molecule has 1 aliphatic heterocycles. The minimum atomic E-state index is -4.57. The van der Waals surface area contributed by atoms with Gasteiger partial charge in [-0.15, -0.1) is 0 Å². The average Bonchev–Trinajstić information content (AvgIpc) is 3.25. The number of halogens is 1. The number of carboxylic acids is 1. The topological polar surface area (TPSA) is 120 Å². The van der Waals surface area contributed by atoms with Gasteiger partial charge in [-0.05, 0) is 60.3 Å². The summed E-state index contributed by atoms with van der Waals surface area (Å²) in [6.45, 7) is 3.98. The molecule has 0 fully saturated rings. The fraction of sp³-hybridized carbons (Fsp3) is 0.263. The van der Waals surface area contributed by atoms with Gasteiger partial charge < -0.3 is 19.0 Å². The molecule has 0 amide bonds. The number of anilines is 1. The molecule has 3 aromatic rings. The van der Waals surface area contributed by atoms with Crippen LogP contribution in [0.3, 0.4) is 0 Å². The number of hydrogen-bond donors (Lipinski definition) is 1. The predicted molar refractivity (Wildman–Crippen MR) is 122 cm³/mol. The van der Waals surface area contributed by atoms with E-state index in [1.165, 1.54) is 16.7 Å². The Morgan fingerprint density at radius 3 is 2.77 bits per heavy atom.